The van der Waals surface area contributed by atoms with E-state index < -0.39 is 5.76 Å². The van der Waals surface area contributed by atoms with Gasteiger partial charge in [0.1, 0.15) is 17.4 Å². The predicted octanol–water partition coefficient (Wildman–Crippen LogP) is 4.88. The molecule has 170 valence electrons. The summed E-state index contributed by atoms with van der Waals surface area (Å²) < 4.78 is 12.0. The fourth-order valence-electron chi connectivity index (χ4n) is 3.45. The zero-order valence-electron chi connectivity index (χ0n) is 17.8. The lowest BCUT2D eigenvalue weighted by Crippen LogP contribution is -2.26. The van der Waals surface area contributed by atoms with E-state index in [9.17, 15) is 9.59 Å². The first kappa shape index (κ1) is 22.9. The number of ether oxygens (including phenoxy) is 1. The molecule has 0 fully saturated rings. The number of nitrogens with zero attached hydrogens (tertiary/aromatic N) is 2. The molecule has 2 heterocycles. The van der Waals surface area contributed by atoms with Crippen molar-refractivity contribution >= 4 is 23.2 Å². The molecule has 0 amide bonds. The monoisotopic (exact) mass is 485 g/mol. The highest BCUT2D eigenvalue weighted by atomic mass is 35.5. The van der Waals surface area contributed by atoms with Crippen LogP contribution < -0.4 is 16.1 Å². The van der Waals surface area contributed by atoms with Gasteiger partial charge in [0.05, 0.1) is 10.7 Å². The highest BCUT2D eigenvalue weighted by Crippen LogP contribution is 2.22. The van der Waals surface area contributed by atoms with Crippen molar-refractivity contribution in [2.45, 2.75) is 32.9 Å². The summed E-state index contributed by atoms with van der Waals surface area (Å²) in [4.78, 5) is 26.4. The van der Waals surface area contributed by atoms with Crippen LogP contribution in [0.3, 0.4) is 0 Å². The average Bonchev–Trinajstić information content (AvgIpc) is 3.26. The SMILES string of the molecule is CCc1cccc(OCc2c(Cl)cc(Cl)c(=O)n2CCc2ccc(-c3noc(=O)[nH]3)cc2)c1. The Bertz CT molecular complexity index is 1370. The lowest BCUT2D eigenvalue weighted by atomic mass is 10.1. The fourth-order valence-corrected chi connectivity index (χ4v) is 3.98. The Kier molecular flexibility index (Phi) is 7.01. The molecule has 0 atom stereocenters. The molecule has 0 saturated carbocycles. The Balaban J connectivity index is 1.53. The highest BCUT2D eigenvalue weighted by molar-refractivity contribution is 6.34. The van der Waals surface area contributed by atoms with Crippen LogP contribution in [0.15, 0.2) is 68.7 Å². The number of pyridine rings is 1. The Morgan fingerprint density at radius 1 is 1.03 bits per heavy atom. The van der Waals surface area contributed by atoms with E-state index >= 15 is 0 Å². The van der Waals surface area contributed by atoms with Gasteiger partial charge in [0.25, 0.3) is 5.56 Å². The van der Waals surface area contributed by atoms with E-state index in [0.717, 1.165) is 23.1 Å². The smallest absolute Gasteiger partial charge is 0.439 e. The molecule has 0 radical (unpaired) electrons. The maximum absolute atomic E-state index is 12.8. The number of halogens is 2. The van der Waals surface area contributed by atoms with Gasteiger partial charge in [-0.25, -0.2) is 4.79 Å². The molecule has 2 aromatic carbocycles. The van der Waals surface area contributed by atoms with Crippen molar-refractivity contribution in [2.24, 2.45) is 0 Å². The van der Waals surface area contributed by atoms with Gasteiger partial charge in [0.15, 0.2) is 5.82 Å². The van der Waals surface area contributed by atoms with Crippen molar-refractivity contribution in [3.05, 3.63) is 102 Å². The van der Waals surface area contributed by atoms with E-state index in [1.807, 2.05) is 48.5 Å². The third-order valence-corrected chi connectivity index (χ3v) is 5.88. The van der Waals surface area contributed by atoms with Gasteiger partial charge in [-0.1, -0.05) is 71.7 Å². The molecule has 4 rings (SSSR count). The topological polar surface area (TPSA) is 90.1 Å². The molecule has 9 heteroatoms. The van der Waals surface area contributed by atoms with E-state index in [1.165, 1.54) is 6.07 Å². The minimum atomic E-state index is -0.609. The second-order valence-electron chi connectivity index (χ2n) is 7.42. The molecule has 0 bridgehead atoms. The minimum Gasteiger partial charge on any atom is -0.487 e. The molecule has 33 heavy (non-hydrogen) atoms. The number of benzene rings is 2. The van der Waals surface area contributed by atoms with Crippen LogP contribution in [-0.2, 0) is 26.0 Å². The molecule has 0 unspecified atom stereocenters. The first-order chi connectivity index (χ1) is 15.9. The van der Waals surface area contributed by atoms with Crippen molar-refractivity contribution in [3.8, 4) is 17.1 Å². The maximum atomic E-state index is 12.8. The lowest BCUT2D eigenvalue weighted by Gasteiger charge is -2.16. The molecule has 0 saturated heterocycles. The minimum absolute atomic E-state index is 0.0575. The molecule has 7 nitrogen and oxygen atoms in total. The summed E-state index contributed by atoms with van der Waals surface area (Å²) in [6.07, 6.45) is 1.46. The van der Waals surface area contributed by atoms with Crippen LogP contribution in [0.4, 0.5) is 0 Å². The van der Waals surface area contributed by atoms with Crippen molar-refractivity contribution in [1.82, 2.24) is 14.7 Å². The van der Waals surface area contributed by atoms with E-state index in [4.69, 9.17) is 27.9 Å². The van der Waals surface area contributed by atoms with Gasteiger partial charge < -0.3 is 9.30 Å². The zero-order chi connectivity index (χ0) is 23.4. The number of aromatic amines is 1. The molecule has 0 aliphatic heterocycles. The van der Waals surface area contributed by atoms with E-state index in [1.54, 1.807) is 4.57 Å². The van der Waals surface area contributed by atoms with Gasteiger partial charge in [-0.05, 0) is 42.2 Å². The van der Waals surface area contributed by atoms with Crippen LogP contribution in [-0.4, -0.2) is 14.7 Å². The largest absolute Gasteiger partial charge is 0.487 e. The third-order valence-electron chi connectivity index (χ3n) is 5.28. The standard InChI is InChI=1S/C24H21Cl2N3O4/c1-2-15-4-3-5-18(12-15)32-14-21-19(25)13-20(26)23(30)29(21)11-10-16-6-8-17(9-7-16)22-27-24(31)33-28-22/h3-9,12-13H,2,10-11,14H2,1H3,(H,27,28,31). The van der Waals surface area contributed by atoms with Crippen LogP contribution in [0.1, 0.15) is 23.7 Å². The number of aryl methyl sites for hydroxylation is 2. The summed E-state index contributed by atoms with van der Waals surface area (Å²) in [6, 6.07) is 16.7. The van der Waals surface area contributed by atoms with Gasteiger partial charge in [0.2, 0.25) is 0 Å². The van der Waals surface area contributed by atoms with Crippen molar-refractivity contribution < 1.29 is 9.26 Å². The summed E-state index contributed by atoms with van der Waals surface area (Å²) in [5.74, 6) is 0.458. The fraction of sp³-hybridized carbons (Fsp3) is 0.208. The normalized spacial score (nSPS) is 11.0. The van der Waals surface area contributed by atoms with Gasteiger partial charge in [-0.15, -0.1) is 0 Å². The molecular weight excluding hydrogens is 465 g/mol. The molecule has 0 aliphatic rings. The van der Waals surface area contributed by atoms with Crippen LogP contribution >= 0.6 is 23.2 Å². The van der Waals surface area contributed by atoms with Gasteiger partial charge in [-0.2, -0.15) is 0 Å². The third kappa shape index (κ3) is 5.38. The average molecular weight is 486 g/mol. The van der Waals surface area contributed by atoms with Crippen LogP contribution in [0.2, 0.25) is 10.0 Å². The predicted molar refractivity (Wildman–Crippen MR) is 127 cm³/mol. The second-order valence-corrected chi connectivity index (χ2v) is 8.24. The summed E-state index contributed by atoms with van der Waals surface area (Å²) in [5.41, 5.74) is 3.10. The first-order valence-electron chi connectivity index (χ1n) is 10.4. The van der Waals surface area contributed by atoms with E-state index in [0.29, 0.717) is 35.3 Å². The van der Waals surface area contributed by atoms with E-state index in [-0.39, 0.29) is 17.2 Å². The summed E-state index contributed by atoms with van der Waals surface area (Å²) in [6.45, 7) is 2.58. The molecule has 2 aromatic heterocycles. The Morgan fingerprint density at radius 2 is 1.82 bits per heavy atom. The quantitative estimate of drug-likeness (QED) is 0.383. The summed E-state index contributed by atoms with van der Waals surface area (Å²) in [5, 5.41) is 4.11. The molecule has 1 N–H and O–H groups in total. The number of hydrogen-bond donors (Lipinski definition) is 1. The van der Waals surface area contributed by atoms with Gasteiger partial charge >= 0.3 is 5.76 Å². The Morgan fingerprint density at radius 3 is 2.52 bits per heavy atom. The van der Waals surface area contributed by atoms with Crippen molar-refractivity contribution in [2.75, 3.05) is 0 Å². The van der Waals surface area contributed by atoms with Crippen LogP contribution in [0.5, 0.6) is 5.75 Å². The van der Waals surface area contributed by atoms with Gasteiger partial charge in [-0.3, -0.25) is 14.3 Å². The number of H-pyrrole nitrogens is 1. The molecule has 0 spiro atoms. The second kappa shape index (κ2) is 10.1. The molecular formula is C24H21Cl2N3O4. The summed E-state index contributed by atoms with van der Waals surface area (Å²) >= 11 is 12.6. The first-order valence-corrected chi connectivity index (χ1v) is 11.1. The van der Waals surface area contributed by atoms with Crippen LogP contribution in [0.25, 0.3) is 11.4 Å². The lowest BCUT2D eigenvalue weighted by molar-refractivity contribution is 0.292. The molecule has 0 aliphatic carbocycles. The Hall–Kier alpha value is -3.29. The van der Waals surface area contributed by atoms with Crippen molar-refractivity contribution in [1.29, 1.82) is 0 Å². The van der Waals surface area contributed by atoms with Crippen LogP contribution in [0, 0.1) is 0 Å². The summed E-state index contributed by atoms with van der Waals surface area (Å²) in [7, 11) is 0. The number of aromatic nitrogens is 3. The Labute approximate surface area is 199 Å². The molecule has 4 aromatic rings. The number of rotatable bonds is 8. The number of hydrogen-bond acceptors (Lipinski definition) is 5. The maximum Gasteiger partial charge on any atom is 0.439 e. The number of nitrogens with one attached hydrogen (secondary N) is 1. The highest BCUT2D eigenvalue weighted by Gasteiger charge is 2.14. The van der Waals surface area contributed by atoms with Crippen molar-refractivity contribution in [3.63, 3.8) is 0 Å². The van der Waals surface area contributed by atoms with E-state index in [2.05, 4.69) is 21.6 Å². The van der Waals surface area contributed by atoms with Gasteiger partial charge in [0, 0.05) is 12.1 Å². The zero-order valence-corrected chi connectivity index (χ0v) is 19.3.